The lowest BCUT2D eigenvalue weighted by Crippen LogP contribution is -2.39. The lowest BCUT2D eigenvalue weighted by Gasteiger charge is -2.28. The van der Waals surface area contributed by atoms with Gasteiger partial charge in [-0.15, -0.1) is 0 Å². The Morgan fingerprint density at radius 1 is 1.42 bits per heavy atom. The van der Waals surface area contributed by atoms with E-state index in [4.69, 9.17) is 16.3 Å². The first-order valence-corrected chi connectivity index (χ1v) is 8.18. The molecule has 1 aromatic rings. The molecule has 0 unspecified atom stereocenters. The van der Waals surface area contributed by atoms with E-state index < -0.39 is 5.82 Å². The van der Waals surface area contributed by atoms with Gasteiger partial charge >= 0.3 is 0 Å². The highest BCUT2D eigenvalue weighted by atomic mass is 35.5. The van der Waals surface area contributed by atoms with Crippen molar-refractivity contribution in [3.05, 3.63) is 29.0 Å². The molecule has 1 saturated heterocycles. The maximum absolute atomic E-state index is 13.4. The maximum Gasteiger partial charge on any atom is 0.161 e. The van der Waals surface area contributed by atoms with Crippen LogP contribution in [0.4, 0.5) is 4.39 Å². The quantitative estimate of drug-likeness (QED) is 0.787. The molecule has 0 N–H and O–H groups in total. The molecule has 1 aromatic carbocycles. The normalized spacial score (nSPS) is 17.6. The second kappa shape index (κ2) is 7.36. The fourth-order valence-electron chi connectivity index (χ4n) is 2.18. The molecule has 0 bridgehead atoms. The van der Waals surface area contributed by atoms with Crippen molar-refractivity contribution in [2.75, 3.05) is 24.6 Å². The van der Waals surface area contributed by atoms with E-state index in [-0.39, 0.29) is 11.3 Å². The number of halogens is 2. The molecule has 19 heavy (non-hydrogen) atoms. The van der Waals surface area contributed by atoms with Crippen LogP contribution in [-0.2, 0) is 0 Å². The van der Waals surface area contributed by atoms with E-state index in [0.29, 0.717) is 5.75 Å². The first kappa shape index (κ1) is 14.9. The van der Waals surface area contributed by atoms with Gasteiger partial charge in [0, 0.05) is 18.8 Å². The molecule has 0 aromatic heterocycles. The predicted molar refractivity (Wildman–Crippen MR) is 79.6 cm³/mol. The zero-order valence-corrected chi connectivity index (χ0v) is 12.6. The van der Waals surface area contributed by atoms with Gasteiger partial charge in [-0.05, 0) is 30.7 Å². The van der Waals surface area contributed by atoms with E-state index in [1.54, 1.807) is 12.1 Å². The highest BCUT2D eigenvalue weighted by Crippen LogP contribution is 2.29. The lowest BCUT2D eigenvalue weighted by atomic mass is 10.3. The summed E-state index contributed by atoms with van der Waals surface area (Å²) in [6.07, 6.45) is 2.38. The molecule has 0 radical (unpaired) electrons. The summed E-state index contributed by atoms with van der Waals surface area (Å²) < 4.78 is 19.4. The molecule has 0 spiro atoms. The highest BCUT2D eigenvalue weighted by Gasteiger charge is 2.24. The Morgan fingerprint density at radius 3 is 2.84 bits per heavy atom. The highest BCUT2D eigenvalue weighted by molar-refractivity contribution is 7.99. The molecule has 0 aliphatic carbocycles. The smallest absolute Gasteiger partial charge is 0.161 e. The van der Waals surface area contributed by atoms with Crippen LogP contribution in [0.25, 0.3) is 0 Å². The van der Waals surface area contributed by atoms with Crippen LogP contribution in [0, 0.1) is 5.82 Å². The van der Waals surface area contributed by atoms with Crippen molar-refractivity contribution in [2.24, 2.45) is 0 Å². The van der Waals surface area contributed by atoms with Crippen LogP contribution in [0.3, 0.4) is 0 Å². The molecule has 0 saturated carbocycles. The lowest BCUT2D eigenvalue weighted by molar-refractivity contribution is 0.0631. The van der Waals surface area contributed by atoms with Crippen molar-refractivity contribution in [3.8, 4) is 5.75 Å². The second-order valence-corrected chi connectivity index (χ2v) is 6.22. The van der Waals surface area contributed by atoms with E-state index >= 15 is 0 Å². The minimum Gasteiger partial charge on any atom is -0.473 e. The van der Waals surface area contributed by atoms with Crippen molar-refractivity contribution in [3.63, 3.8) is 0 Å². The Labute approximate surface area is 123 Å². The third-order valence-corrected chi connectivity index (χ3v) is 4.49. The summed E-state index contributed by atoms with van der Waals surface area (Å²) in [5.41, 5.74) is 0. The Hall–Kier alpha value is -0.450. The summed E-state index contributed by atoms with van der Waals surface area (Å²) in [7, 11) is 0. The molecule has 2 rings (SSSR count). The van der Waals surface area contributed by atoms with Crippen molar-refractivity contribution < 1.29 is 9.13 Å². The number of hydrogen-bond acceptors (Lipinski definition) is 3. The summed E-state index contributed by atoms with van der Waals surface area (Å²) >= 11 is 7.78. The molecule has 1 heterocycles. The summed E-state index contributed by atoms with van der Waals surface area (Å²) in [6, 6.07) is 4.70. The molecule has 5 heteroatoms. The van der Waals surface area contributed by atoms with Crippen molar-refractivity contribution >= 4 is 23.4 Å². The molecule has 1 fully saturated rings. The standard InChI is InChI=1S/C14H19ClFNOS/c1-2-19-10-13(17-8-3-4-9-17)18-12-7-5-6-11(16)14(12)15/h5-7,13H,2-4,8-10H2,1H3/t13-/m1/s1. The zero-order chi connectivity index (χ0) is 13.7. The number of ether oxygens (including phenoxy) is 1. The summed E-state index contributed by atoms with van der Waals surface area (Å²) in [5, 5.41) is 0.0770. The monoisotopic (exact) mass is 303 g/mol. The Balaban J connectivity index is 2.07. The van der Waals surface area contributed by atoms with Gasteiger partial charge in [0.1, 0.15) is 16.6 Å². The van der Waals surface area contributed by atoms with Gasteiger partial charge in [0.15, 0.2) is 6.23 Å². The van der Waals surface area contributed by atoms with Gasteiger partial charge in [0.25, 0.3) is 0 Å². The molecular weight excluding hydrogens is 285 g/mol. The van der Waals surface area contributed by atoms with Crippen molar-refractivity contribution in [1.29, 1.82) is 0 Å². The fraction of sp³-hybridized carbons (Fsp3) is 0.571. The molecule has 2 nitrogen and oxygen atoms in total. The number of likely N-dealkylation sites (tertiary alicyclic amines) is 1. The summed E-state index contributed by atoms with van der Waals surface area (Å²) in [5.74, 6) is 1.94. The number of hydrogen-bond donors (Lipinski definition) is 0. The van der Waals surface area contributed by atoms with Crippen molar-refractivity contribution in [1.82, 2.24) is 4.90 Å². The number of benzene rings is 1. The second-order valence-electron chi connectivity index (χ2n) is 4.53. The van der Waals surface area contributed by atoms with Crippen LogP contribution in [0.15, 0.2) is 18.2 Å². The molecule has 1 aliphatic rings. The molecule has 0 amide bonds. The summed E-state index contributed by atoms with van der Waals surface area (Å²) in [4.78, 5) is 2.31. The van der Waals surface area contributed by atoms with E-state index in [1.807, 2.05) is 11.8 Å². The zero-order valence-electron chi connectivity index (χ0n) is 11.1. The average Bonchev–Trinajstić information content (AvgIpc) is 2.93. The van der Waals surface area contributed by atoms with Gasteiger partial charge in [0.2, 0.25) is 0 Å². The van der Waals surface area contributed by atoms with Gasteiger partial charge in [-0.2, -0.15) is 11.8 Å². The fourth-order valence-corrected chi connectivity index (χ4v) is 3.07. The van der Waals surface area contributed by atoms with Gasteiger partial charge < -0.3 is 4.74 Å². The van der Waals surface area contributed by atoms with Crippen molar-refractivity contribution in [2.45, 2.75) is 26.0 Å². The van der Waals surface area contributed by atoms with E-state index in [0.717, 1.165) is 24.6 Å². The van der Waals surface area contributed by atoms with E-state index in [1.165, 1.54) is 18.9 Å². The SMILES string of the molecule is CCSC[C@@H](Oc1cccc(F)c1Cl)N1CCCC1. The Kier molecular flexibility index (Phi) is 5.79. The Morgan fingerprint density at radius 2 is 2.16 bits per heavy atom. The third kappa shape index (κ3) is 4.01. The van der Waals surface area contributed by atoms with Crippen LogP contribution in [0.2, 0.25) is 5.02 Å². The largest absolute Gasteiger partial charge is 0.473 e. The van der Waals surface area contributed by atoms with Gasteiger partial charge in [-0.1, -0.05) is 24.6 Å². The van der Waals surface area contributed by atoms with Gasteiger partial charge in [0.05, 0.1) is 0 Å². The van der Waals surface area contributed by atoms with E-state index in [9.17, 15) is 4.39 Å². The van der Waals surface area contributed by atoms with Gasteiger partial charge in [-0.25, -0.2) is 4.39 Å². The first-order valence-electron chi connectivity index (χ1n) is 6.65. The van der Waals surface area contributed by atoms with Crippen LogP contribution in [-0.4, -0.2) is 35.7 Å². The minimum absolute atomic E-state index is 0.0215. The van der Waals surface area contributed by atoms with Crippen LogP contribution >= 0.6 is 23.4 Å². The minimum atomic E-state index is -0.428. The average molecular weight is 304 g/mol. The van der Waals surface area contributed by atoms with Crippen LogP contribution in [0.1, 0.15) is 19.8 Å². The molecule has 1 atom stereocenters. The predicted octanol–water partition coefficient (Wildman–Crippen LogP) is 4.03. The number of thioether (sulfide) groups is 1. The number of rotatable bonds is 6. The molecular formula is C14H19ClFNOS. The topological polar surface area (TPSA) is 12.5 Å². The molecule has 106 valence electrons. The summed E-state index contributed by atoms with van der Waals surface area (Å²) in [6.45, 7) is 4.21. The van der Waals surface area contributed by atoms with E-state index in [2.05, 4.69) is 11.8 Å². The van der Waals surface area contributed by atoms with Crippen LogP contribution in [0.5, 0.6) is 5.75 Å². The Bertz CT molecular complexity index is 412. The van der Waals surface area contributed by atoms with Crippen LogP contribution < -0.4 is 4.74 Å². The van der Waals surface area contributed by atoms with Gasteiger partial charge in [-0.3, -0.25) is 4.90 Å². The third-order valence-electron chi connectivity index (χ3n) is 3.19. The molecule has 1 aliphatic heterocycles. The first-order chi connectivity index (χ1) is 9.22. The maximum atomic E-state index is 13.4. The number of nitrogens with zero attached hydrogens (tertiary/aromatic N) is 1.